The predicted octanol–water partition coefficient (Wildman–Crippen LogP) is 3.90. The van der Waals surface area contributed by atoms with Gasteiger partial charge in [0, 0.05) is 42.9 Å². The Morgan fingerprint density at radius 3 is 2.46 bits per heavy atom. The number of nitrogens with zero attached hydrogens (tertiary/aromatic N) is 7. The van der Waals surface area contributed by atoms with Crippen LogP contribution >= 0.6 is 0 Å². The molecule has 0 N–H and O–H groups in total. The van der Waals surface area contributed by atoms with Gasteiger partial charge in [-0.2, -0.15) is 5.26 Å². The first-order valence-corrected chi connectivity index (χ1v) is 13.2. The molecule has 2 aromatic heterocycles. The number of hydrogen-bond donors (Lipinski definition) is 0. The fraction of sp³-hybridized carbons (Fsp3) is 0.429. The quantitative estimate of drug-likeness (QED) is 0.458. The van der Waals surface area contributed by atoms with E-state index in [-0.39, 0.29) is 41.7 Å². The maximum Gasteiger partial charge on any atom is 0.414 e. The van der Waals surface area contributed by atoms with Gasteiger partial charge in [0.25, 0.3) is 0 Å². The zero-order chi connectivity index (χ0) is 29.1. The molecule has 1 unspecified atom stereocenters. The summed E-state index contributed by atoms with van der Waals surface area (Å²) in [7, 11) is 0. The maximum atomic E-state index is 15.2. The summed E-state index contributed by atoms with van der Waals surface area (Å²) in [6.07, 6.45) is 2.77. The van der Waals surface area contributed by atoms with Crippen LogP contribution in [0.3, 0.4) is 0 Å². The second-order valence-corrected chi connectivity index (χ2v) is 11.5. The van der Waals surface area contributed by atoms with Crippen LogP contribution in [0.1, 0.15) is 26.5 Å². The Bertz CT molecular complexity index is 1510. The number of piperidine rings is 1. The molecular formula is C28H27F2N7O4. The van der Waals surface area contributed by atoms with Crippen molar-refractivity contribution in [1.29, 1.82) is 5.26 Å². The lowest BCUT2D eigenvalue weighted by molar-refractivity contribution is 0.0265. The Morgan fingerprint density at radius 1 is 1.20 bits per heavy atom. The highest BCUT2D eigenvalue weighted by molar-refractivity contribution is 5.90. The van der Waals surface area contributed by atoms with Gasteiger partial charge in [-0.3, -0.25) is 9.88 Å². The van der Waals surface area contributed by atoms with Crippen molar-refractivity contribution in [3.8, 4) is 17.2 Å². The number of carbonyl (C=O) groups excluding carboxylic acids is 2. The van der Waals surface area contributed by atoms with Crippen LogP contribution in [0.2, 0.25) is 0 Å². The molecule has 2 saturated heterocycles. The number of halogens is 2. The number of ether oxygens (including phenoxy) is 2. The second kappa shape index (κ2) is 9.50. The number of amides is 2. The monoisotopic (exact) mass is 563 g/mol. The number of fused-ring (bicyclic) bond motifs is 1. The molecule has 2 amide bonds. The van der Waals surface area contributed by atoms with Crippen molar-refractivity contribution < 1.29 is 27.8 Å². The average Bonchev–Trinajstić information content (AvgIpc) is 3.41. The molecule has 2 aliphatic heterocycles. The number of hydrogen-bond acceptors (Lipinski definition) is 8. The van der Waals surface area contributed by atoms with E-state index in [1.54, 1.807) is 37.9 Å². The average molecular weight is 564 g/mol. The maximum absolute atomic E-state index is 15.2. The third-order valence-electron chi connectivity index (χ3n) is 7.77. The second-order valence-electron chi connectivity index (χ2n) is 11.5. The smallest absolute Gasteiger partial charge is 0.414 e. The summed E-state index contributed by atoms with van der Waals surface area (Å²) in [5.41, 5.74) is -1.05. The van der Waals surface area contributed by atoms with Gasteiger partial charge in [-0.05, 0) is 39.0 Å². The number of benzene rings is 1. The van der Waals surface area contributed by atoms with Crippen molar-refractivity contribution in [1.82, 2.24) is 24.9 Å². The van der Waals surface area contributed by atoms with Crippen LogP contribution < -0.4 is 4.90 Å². The van der Waals surface area contributed by atoms with E-state index in [4.69, 9.17) is 9.47 Å². The van der Waals surface area contributed by atoms with Crippen LogP contribution in [0.5, 0.6) is 0 Å². The minimum atomic E-state index is -0.867. The topological polar surface area (TPSA) is 126 Å². The number of likely N-dealkylation sites (tertiary alicyclic amines) is 1. The van der Waals surface area contributed by atoms with E-state index in [9.17, 15) is 14.9 Å². The number of aromatic nitrogens is 4. The summed E-state index contributed by atoms with van der Waals surface area (Å²) in [6, 6.07) is 7.67. The first-order valence-electron chi connectivity index (χ1n) is 13.2. The largest absolute Gasteiger partial charge is 0.444 e. The summed E-state index contributed by atoms with van der Waals surface area (Å²) >= 11 is 0. The molecule has 6 rings (SSSR count). The Morgan fingerprint density at radius 2 is 1.90 bits per heavy atom. The van der Waals surface area contributed by atoms with Crippen molar-refractivity contribution in [2.75, 3.05) is 24.5 Å². The summed E-state index contributed by atoms with van der Waals surface area (Å²) in [4.78, 5) is 32.0. The lowest BCUT2D eigenvalue weighted by Gasteiger charge is -2.27. The molecule has 1 aromatic carbocycles. The molecule has 212 valence electrons. The SMILES string of the molecule is CC(C)(C)OC(=O)N1C[C@@H]2[C@H](C1)C2(C#N)c1ccc(-c2c(F)cc(N3C[C@H](Cn4ccnn4)OC3=O)cc2F)cn1. The number of nitriles is 1. The lowest BCUT2D eigenvalue weighted by atomic mass is 9.95. The molecule has 3 fully saturated rings. The highest BCUT2D eigenvalue weighted by Crippen LogP contribution is 2.63. The number of pyridine rings is 1. The van der Waals surface area contributed by atoms with Gasteiger partial charge in [-0.25, -0.2) is 23.1 Å². The molecule has 4 heterocycles. The van der Waals surface area contributed by atoms with E-state index >= 15 is 8.78 Å². The van der Waals surface area contributed by atoms with E-state index in [2.05, 4.69) is 21.4 Å². The number of anilines is 1. The van der Waals surface area contributed by atoms with E-state index in [0.29, 0.717) is 18.8 Å². The van der Waals surface area contributed by atoms with Crippen molar-refractivity contribution in [2.24, 2.45) is 11.8 Å². The van der Waals surface area contributed by atoms with Crippen LogP contribution in [0.15, 0.2) is 42.9 Å². The van der Waals surface area contributed by atoms with E-state index in [1.165, 1.54) is 28.0 Å². The normalized spacial score (nSPS) is 25.1. The summed E-state index contributed by atoms with van der Waals surface area (Å²) in [5.74, 6) is -1.93. The zero-order valence-electron chi connectivity index (χ0n) is 22.6. The zero-order valence-corrected chi connectivity index (χ0v) is 22.6. The first kappa shape index (κ1) is 26.6. The summed E-state index contributed by atoms with van der Waals surface area (Å²) < 4.78 is 42.8. The molecule has 0 bridgehead atoms. The van der Waals surface area contributed by atoms with E-state index < -0.39 is 40.9 Å². The predicted molar refractivity (Wildman–Crippen MR) is 139 cm³/mol. The van der Waals surface area contributed by atoms with E-state index in [1.807, 2.05) is 0 Å². The fourth-order valence-electron chi connectivity index (χ4n) is 5.85. The molecule has 1 aliphatic carbocycles. The summed E-state index contributed by atoms with van der Waals surface area (Å²) in [5, 5.41) is 17.6. The van der Waals surface area contributed by atoms with E-state index in [0.717, 1.165) is 12.1 Å². The third-order valence-corrected chi connectivity index (χ3v) is 7.77. The number of cyclic esters (lactones) is 1. The first-order chi connectivity index (χ1) is 19.5. The molecule has 41 heavy (non-hydrogen) atoms. The highest BCUT2D eigenvalue weighted by atomic mass is 19.1. The molecule has 1 saturated carbocycles. The van der Waals surface area contributed by atoms with Gasteiger partial charge >= 0.3 is 12.2 Å². The molecule has 4 atom stereocenters. The minimum absolute atomic E-state index is 0.0307. The van der Waals surface area contributed by atoms with Crippen LogP contribution in [0, 0.1) is 34.8 Å². The standard InChI is InChI=1S/C28H27F2N7O4/c1-27(2,3)41-25(38)35-13-19-20(14-35)28(19,15-31)23-5-4-16(10-32-23)24-21(29)8-17(9-22(24)30)37-12-18(40-26(37)39)11-36-7-6-33-34-36/h4-10,18-20H,11-14H2,1-3H3/t18-,19-,20+,28?/m0/s1. The molecule has 13 heteroatoms. The number of rotatable bonds is 5. The highest BCUT2D eigenvalue weighted by Gasteiger charge is 2.71. The Hall–Kier alpha value is -4.60. The minimum Gasteiger partial charge on any atom is -0.444 e. The molecule has 3 aliphatic rings. The Labute approximate surface area is 234 Å². The Kier molecular flexibility index (Phi) is 6.17. The Balaban J connectivity index is 1.16. The van der Waals surface area contributed by atoms with Crippen LogP contribution in [0.4, 0.5) is 24.1 Å². The van der Waals surface area contributed by atoms with Crippen LogP contribution in [-0.2, 0) is 21.4 Å². The van der Waals surface area contributed by atoms with Crippen molar-refractivity contribution in [3.63, 3.8) is 0 Å². The third kappa shape index (κ3) is 4.63. The molecule has 0 radical (unpaired) electrons. The van der Waals surface area contributed by atoms with Gasteiger partial charge in [0.1, 0.15) is 28.8 Å². The molecule has 11 nitrogen and oxygen atoms in total. The van der Waals surface area contributed by atoms with Crippen molar-refractivity contribution in [2.45, 2.75) is 44.4 Å². The van der Waals surface area contributed by atoms with Gasteiger partial charge in [-0.1, -0.05) is 11.3 Å². The van der Waals surface area contributed by atoms with Crippen molar-refractivity contribution in [3.05, 3.63) is 60.2 Å². The molecule has 3 aromatic rings. The van der Waals surface area contributed by atoms with Crippen LogP contribution in [-0.4, -0.2) is 68.4 Å². The van der Waals surface area contributed by atoms with Gasteiger partial charge in [0.2, 0.25) is 0 Å². The lowest BCUT2D eigenvalue weighted by Crippen LogP contribution is -2.39. The van der Waals surface area contributed by atoms with Gasteiger partial charge in [-0.15, -0.1) is 5.10 Å². The molecule has 0 spiro atoms. The van der Waals surface area contributed by atoms with Crippen LogP contribution in [0.25, 0.3) is 11.1 Å². The van der Waals surface area contributed by atoms with Gasteiger partial charge in [0.05, 0.1) is 42.3 Å². The fourth-order valence-corrected chi connectivity index (χ4v) is 5.85. The molecular weight excluding hydrogens is 536 g/mol. The van der Waals surface area contributed by atoms with Crippen molar-refractivity contribution >= 4 is 17.9 Å². The van der Waals surface area contributed by atoms with Gasteiger partial charge < -0.3 is 14.4 Å². The summed E-state index contributed by atoms with van der Waals surface area (Å²) in [6.45, 7) is 6.49. The number of carbonyl (C=O) groups is 2. The van der Waals surface area contributed by atoms with Gasteiger partial charge in [0.15, 0.2) is 0 Å².